The van der Waals surface area contributed by atoms with E-state index in [2.05, 4.69) is 15.2 Å². The number of aldehydes is 1. The summed E-state index contributed by atoms with van der Waals surface area (Å²) in [5.41, 5.74) is 3.51. The lowest BCUT2D eigenvalue weighted by Crippen LogP contribution is -2.64. The first-order valence-corrected chi connectivity index (χ1v) is 16.7. The van der Waals surface area contributed by atoms with Crippen molar-refractivity contribution in [3.63, 3.8) is 0 Å². The van der Waals surface area contributed by atoms with Crippen LogP contribution in [0.2, 0.25) is 0 Å². The average Bonchev–Trinajstić information content (AvgIpc) is 3.79. The maximum Gasteiger partial charge on any atom is 0.349 e. The molecule has 1 saturated carbocycles. The summed E-state index contributed by atoms with van der Waals surface area (Å²) in [5.74, 6) is -0.579. The molecule has 0 bridgehead atoms. The predicted octanol–water partition coefficient (Wildman–Crippen LogP) is 5.34. The number of fused-ring (bicyclic) bond motifs is 4. The maximum absolute atomic E-state index is 13.6. The van der Waals surface area contributed by atoms with Gasteiger partial charge in [0.15, 0.2) is 0 Å². The van der Waals surface area contributed by atoms with Gasteiger partial charge in [-0.2, -0.15) is 0 Å². The maximum atomic E-state index is 13.6. The van der Waals surface area contributed by atoms with Gasteiger partial charge in [0, 0.05) is 35.3 Å². The number of aliphatic hydroxyl groups is 1. The number of carbonyl (C=O) groups is 2. The number of ether oxygens (including phenoxy) is 1. The molecule has 8 rings (SSSR count). The standard InChI is InChI=1S/C33H32N4O4S2/c38-18-22-14-26-30(25-8-3-7-24(22)25)37(35-34-26)12-5-11-36-19-32(20-36)16-23(17-32)41-31(39)33(40,28-10-4-13-42-28)29-15-21-6-1-2-9-27(21)43-29/h1-2,4,6,9-10,13-15,18,23,40H,3,5,7-8,11-12,16-17,19-20H2/t33-/m0/s1. The molecular formula is C33H32N4O4S2. The van der Waals surface area contributed by atoms with Crippen molar-refractivity contribution in [1.29, 1.82) is 0 Å². The number of hydrogen-bond acceptors (Lipinski definition) is 9. The van der Waals surface area contributed by atoms with E-state index in [0.717, 1.165) is 97.7 Å². The van der Waals surface area contributed by atoms with Crippen LogP contribution in [0.15, 0.2) is 53.9 Å². The van der Waals surface area contributed by atoms with E-state index in [1.165, 1.54) is 33.8 Å². The molecule has 4 heterocycles. The molecule has 8 nitrogen and oxygen atoms in total. The molecule has 2 aliphatic carbocycles. The molecular weight excluding hydrogens is 581 g/mol. The van der Waals surface area contributed by atoms with Crippen molar-refractivity contribution >= 4 is 56.0 Å². The van der Waals surface area contributed by atoms with Crippen molar-refractivity contribution in [2.24, 2.45) is 5.41 Å². The summed E-state index contributed by atoms with van der Waals surface area (Å²) in [6, 6.07) is 15.4. The molecule has 2 aromatic carbocycles. The third-order valence-electron chi connectivity index (χ3n) is 9.55. The Hall–Kier alpha value is -3.44. The molecule has 0 amide bonds. The molecule has 2 fully saturated rings. The summed E-state index contributed by atoms with van der Waals surface area (Å²) in [7, 11) is 0. The van der Waals surface area contributed by atoms with Crippen LogP contribution in [0, 0.1) is 5.41 Å². The van der Waals surface area contributed by atoms with E-state index >= 15 is 0 Å². The van der Waals surface area contributed by atoms with Crippen molar-refractivity contribution in [2.45, 2.75) is 56.8 Å². The topological polar surface area (TPSA) is 97.5 Å². The van der Waals surface area contributed by atoms with Gasteiger partial charge < -0.3 is 14.7 Å². The van der Waals surface area contributed by atoms with Gasteiger partial charge in [0.05, 0.1) is 15.3 Å². The Balaban J connectivity index is 0.869. The number of esters is 1. The molecule has 1 atom stereocenters. The van der Waals surface area contributed by atoms with Gasteiger partial charge in [-0.25, -0.2) is 9.48 Å². The molecule has 0 unspecified atom stereocenters. The number of benzene rings is 2. The van der Waals surface area contributed by atoms with Crippen LogP contribution in [0.3, 0.4) is 0 Å². The Labute approximate surface area is 256 Å². The van der Waals surface area contributed by atoms with E-state index in [9.17, 15) is 14.7 Å². The van der Waals surface area contributed by atoms with Gasteiger partial charge in [0.2, 0.25) is 5.60 Å². The molecule has 3 aliphatic rings. The first-order valence-electron chi connectivity index (χ1n) is 15.0. The molecule has 3 aromatic heterocycles. The predicted molar refractivity (Wildman–Crippen MR) is 167 cm³/mol. The van der Waals surface area contributed by atoms with Crippen molar-refractivity contribution in [2.75, 3.05) is 19.6 Å². The summed E-state index contributed by atoms with van der Waals surface area (Å²) >= 11 is 2.81. The Bertz CT molecular complexity index is 1810. The quantitative estimate of drug-likeness (QED) is 0.177. The summed E-state index contributed by atoms with van der Waals surface area (Å²) in [6.07, 6.45) is 6.43. The largest absolute Gasteiger partial charge is 0.460 e. The Morgan fingerprint density at radius 1 is 1.09 bits per heavy atom. The zero-order chi connectivity index (χ0) is 29.2. The molecule has 220 valence electrons. The SMILES string of the molecule is O=Cc1cc2nnn(CCCN3CC4(CC(OC(=O)[C@](O)(c5cccs5)c5cc6ccccc6s5)C4)C3)c2c2c1CCC2. The monoisotopic (exact) mass is 612 g/mol. The number of hydrogen-bond donors (Lipinski definition) is 1. The number of thiophene rings is 2. The van der Waals surface area contributed by atoms with Crippen LogP contribution < -0.4 is 0 Å². The average molecular weight is 613 g/mol. The number of carbonyl (C=O) groups excluding carboxylic acids is 2. The number of nitrogens with zero attached hydrogens (tertiary/aromatic N) is 4. The van der Waals surface area contributed by atoms with E-state index in [4.69, 9.17) is 4.74 Å². The van der Waals surface area contributed by atoms with E-state index in [1.807, 2.05) is 52.5 Å². The molecule has 1 saturated heterocycles. The summed E-state index contributed by atoms with van der Waals surface area (Å²) in [6.45, 7) is 3.78. The second-order valence-electron chi connectivity index (χ2n) is 12.4. The van der Waals surface area contributed by atoms with E-state index in [0.29, 0.717) is 9.75 Å². The third-order valence-corrected chi connectivity index (χ3v) is 11.7. The van der Waals surface area contributed by atoms with Crippen LogP contribution in [0.4, 0.5) is 0 Å². The highest BCUT2D eigenvalue weighted by Gasteiger charge is 2.55. The van der Waals surface area contributed by atoms with Crippen molar-refractivity contribution in [1.82, 2.24) is 19.9 Å². The lowest BCUT2D eigenvalue weighted by atomic mass is 9.61. The van der Waals surface area contributed by atoms with Crippen LogP contribution in [0.5, 0.6) is 0 Å². The first-order chi connectivity index (χ1) is 21.0. The molecule has 10 heteroatoms. The van der Waals surface area contributed by atoms with Gasteiger partial charge in [0.25, 0.3) is 0 Å². The number of rotatable bonds is 9. The zero-order valence-corrected chi connectivity index (χ0v) is 25.3. The van der Waals surface area contributed by atoms with E-state index in [-0.39, 0.29) is 11.5 Å². The number of aryl methyl sites for hydroxylation is 2. The fraction of sp³-hybridized carbons (Fsp3) is 0.394. The van der Waals surface area contributed by atoms with Gasteiger partial charge in [-0.3, -0.25) is 4.79 Å². The summed E-state index contributed by atoms with van der Waals surface area (Å²) in [4.78, 5) is 28.8. The van der Waals surface area contributed by atoms with Crippen LogP contribution in [-0.4, -0.2) is 63.0 Å². The normalized spacial score (nSPS) is 19.3. The minimum Gasteiger partial charge on any atom is -0.460 e. The van der Waals surface area contributed by atoms with Crippen LogP contribution in [-0.2, 0) is 34.5 Å². The molecule has 5 aromatic rings. The van der Waals surface area contributed by atoms with Crippen LogP contribution in [0.1, 0.15) is 56.9 Å². The lowest BCUT2D eigenvalue weighted by Gasteiger charge is -2.58. The highest BCUT2D eigenvalue weighted by molar-refractivity contribution is 7.19. The second-order valence-corrected chi connectivity index (χ2v) is 14.4. The van der Waals surface area contributed by atoms with Gasteiger partial charge in [-0.15, -0.1) is 27.8 Å². The summed E-state index contributed by atoms with van der Waals surface area (Å²) in [5, 5.41) is 23.5. The van der Waals surface area contributed by atoms with Crippen LogP contribution >= 0.6 is 22.7 Å². The minimum absolute atomic E-state index is 0.171. The van der Waals surface area contributed by atoms with Gasteiger partial charge in [-0.05, 0) is 91.2 Å². The van der Waals surface area contributed by atoms with Gasteiger partial charge in [0.1, 0.15) is 17.9 Å². The number of likely N-dealkylation sites (tertiary alicyclic amines) is 1. The second kappa shape index (κ2) is 10.3. The zero-order valence-electron chi connectivity index (χ0n) is 23.7. The van der Waals surface area contributed by atoms with Crippen LogP contribution in [0.25, 0.3) is 21.1 Å². The third kappa shape index (κ3) is 4.46. The Kier molecular flexibility index (Phi) is 6.52. The van der Waals surface area contributed by atoms with Gasteiger partial charge in [-0.1, -0.05) is 29.5 Å². The molecule has 0 radical (unpaired) electrons. The van der Waals surface area contributed by atoms with Crippen molar-refractivity contribution in [3.8, 4) is 0 Å². The highest BCUT2D eigenvalue weighted by atomic mass is 32.1. The Morgan fingerprint density at radius 3 is 2.72 bits per heavy atom. The van der Waals surface area contributed by atoms with Gasteiger partial charge >= 0.3 is 5.97 Å². The first kappa shape index (κ1) is 27.1. The minimum atomic E-state index is -1.80. The van der Waals surface area contributed by atoms with Crippen molar-refractivity contribution < 1.29 is 19.4 Å². The van der Waals surface area contributed by atoms with Crippen molar-refractivity contribution in [3.05, 3.63) is 80.4 Å². The fourth-order valence-corrected chi connectivity index (χ4v) is 9.55. The molecule has 1 N–H and O–H groups in total. The highest BCUT2D eigenvalue weighted by Crippen LogP contribution is 2.50. The summed E-state index contributed by atoms with van der Waals surface area (Å²) < 4.78 is 9.04. The number of aromatic nitrogens is 3. The fourth-order valence-electron chi connectivity index (χ4n) is 7.51. The molecule has 1 spiro atoms. The van der Waals surface area contributed by atoms with E-state index < -0.39 is 11.6 Å². The lowest BCUT2D eigenvalue weighted by molar-refractivity contribution is -0.191. The van der Waals surface area contributed by atoms with E-state index in [1.54, 1.807) is 6.07 Å². The molecule has 1 aliphatic heterocycles. The Morgan fingerprint density at radius 2 is 1.93 bits per heavy atom. The molecule has 43 heavy (non-hydrogen) atoms. The smallest absolute Gasteiger partial charge is 0.349 e.